The van der Waals surface area contributed by atoms with E-state index in [9.17, 15) is 9.50 Å². The Hall–Kier alpha value is -0.840. The first-order valence-electron chi connectivity index (χ1n) is 4.15. The summed E-state index contributed by atoms with van der Waals surface area (Å²) in [6.45, 7) is 0.0829. The Kier molecular flexibility index (Phi) is 2.34. The molecule has 0 radical (unpaired) electrons. The summed E-state index contributed by atoms with van der Waals surface area (Å²) < 4.78 is 18.1. The minimum absolute atomic E-state index is 0.0829. The van der Waals surface area contributed by atoms with Gasteiger partial charge in [-0.3, -0.25) is 0 Å². The van der Waals surface area contributed by atoms with Crippen molar-refractivity contribution in [1.82, 2.24) is 0 Å². The van der Waals surface area contributed by atoms with Crippen molar-refractivity contribution in [1.29, 1.82) is 0 Å². The van der Waals surface area contributed by atoms with E-state index in [1.165, 1.54) is 6.07 Å². The van der Waals surface area contributed by atoms with Gasteiger partial charge in [-0.15, -0.1) is 0 Å². The largest absolute Gasteiger partial charge is 0.489 e. The second kappa shape index (κ2) is 3.38. The molecule has 1 aromatic carbocycles. The molecular weight excluding hydrogens is 209 g/mol. The molecule has 2 rings (SSSR count). The van der Waals surface area contributed by atoms with Gasteiger partial charge >= 0.3 is 0 Å². The lowest BCUT2D eigenvalue weighted by atomic mass is 9.99. The number of hydrogen-bond donors (Lipinski definition) is 2. The zero-order valence-corrected chi connectivity index (χ0v) is 7.96. The van der Waals surface area contributed by atoms with Crippen LogP contribution in [0.1, 0.15) is 11.6 Å². The highest BCUT2D eigenvalue weighted by Crippen LogP contribution is 2.37. The summed E-state index contributed by atoms with van der Waals surface area (Å²) in [7, 11) is 0. The third-order valence-corrected chi connectivity index (χ3v) is 2.49. The van der Waals surface area contributed by atoms with Crippen molar-refractivity contribution in [2.45, 2.75) is 12.1 Å². The van der Waals surface area contributed by atoms with Crippen LogP contribution < -0.4 is 10.5 Å². The molecule has 2 atom stereocenters. The molecule has 2 unspecified atom stereocenters. The van der Waals surface area contributed by atoms with Gasteiger partial charge in [0.1, 0.15) is 24.3 Å². The van der Waals surface area contributed by atoms with E-state index in [0.29, 0.717) is 11.3 Å². The number of nitrogens with two attached hydrogens (primary N) is 1. The molecule has 0 amide bonds. The van der Waals surface area contributed by atoms with Gasteiger partial charge < -0.3 is 15.6 Å². The van der Waals surface area contributed by atoms with Gasteiger partial charge in [0.15, 0.2) is 0 Å². The average molecular weight is 218 g/mol. The minimum Gasteiger partial charge on any atom is -0.489 e. The van der Waals surface area contributed by atoms with Crippen LogP contribution in [0.5, 0.6) is 5.75 Å². The monoisotopic (exact) mass is 217 g/mol. The van der Waals surface area contributed by atoms with Crippen LogP contribution >= 0.6 is 11.6 Å². The predicted molar refractivity (Wildman–Crippen MR) is 49.8 cm³/mol. The Morgan fingerprint density at radius 2 is 2.29 bits per heavy atom. The molecule has 1 aromatic rings. The number of halogens is 2. The second-order valence-electron chi connectivity index (χ2n) is 3.21. The molecule has 3 N–H and O–H groups in total. The number of fused-ring (bicyclic) bond motifs is 1. The van der Waals surface area contributed by atoms with Gasteiger partial charge in [0.2, 0.25) is 0 Å². The molecule has 1 aliphatic heterocycles. The van der Waals surface area contributed by atoms with Crippen LogP contribution in [0.2, 0.25) is 5.02 Å². The third kappa shape index (κ3) is 1.45. The normalized spacial score (nSPS) is 25.4. The van der Waals surface area contributed by atoms with E-state index >= 15 is 0 Å². The quantitative estimate of drug-likeness (QED) is 0.687. The Labute approximate surface area is 85.2 Å². The molecular formula is C9H9ClFNO2. The van der Waals surface area contributed by atoms with E-state index in [1.807, 2.05) is 0 Å². The summed E-state index contributed by atoms with van der Waals surface area (Å²) in [5, 5.41) is 9.57. The van der Waals surface area contributed by atoms with Crippen LogP contribution in [0.25, 0.3) is 0 Å². The van der Waals surface area contributed by atoms with Crippen LogP contribution in [0, 0.1) is 5.82 Å². The zero-order valence-electron chi connectivity index (χ0n) is 7.21. The molecule has 5 heteroatoms. The average Bonchev–Trinajstić information content (AvgIpc) is 2.12. The van der Waals surface area contributed by atoms with E-state index in [-0.39, 0.29) is 11.6 Å². The topological polar surface area (TPSA) is 55.5 Å². The Bertz CT molecular complexity index is 372. The van der Waals surface area contributed by atoms with Gasteiger partial charge in [0, 0.05) is 5.56 Å². The molecule has 0 saturated heterocycles. The molecule has 14 heavy (non-hydrogen) atoms. The minimum atomic E-state index is -0.819. The van der Waals surface area contributed by atoms with Gasteiger partial charge in [0.25, 0.3) is 0 Å². The van der Waals surface area contributed by atoms with Crippen LogP contribution in [-0.2, 0) is 0 Å². The molecule has 1 heterocycles. The van der Waals surface area contributed by atoms with E-state index in [1.54, 1.807) is 0 Å². The molecule has 0 fully saturated rings. The van der Waals surface area contributed by atoms with Crippen molar-refractivity contribution < 1.29 is 14.2 Å². The van der Waals surface area contributed by atoms with Gasteiger partial charge in [-0.25, -0.2) is 4.39 Å². The Balaban J connectivity index is 2.54. The lowest BCUT2D eigenvalue weighted by molar-refractivity contribution is 0.0677. The fourth-order valence-corrected chi connectivity index (χ4v) is 1.73. The first-order chi connectivity index (χ1) is 6.59. The molecule has 0 aliphatic carbocycles. The maximum atomic E-state index is 13.0. The highest BCUT2D eigenvalue weighted by atomic mass is 35.5. The highest BCUT2D eigenvalue weighted by molar-refractivity contribution is 6.32. The zero-order chi connectivity index (χ0) is 10.3. The van der Waals surface area contributed by atoms with Crippen molar-refractivity contribution >= 4 is 11.6 Å². The molecule has 0 saturated carbocycles. The number of rotatable bonds is 0. The summed E-state index contributed by atoms with van der Waals surface area (Å²) in [6.07, 6.45) is -0.819. The van der Waals surface area contributed by atoms with E-state index in [2.05, 4.69) is 0 Å². The number of aliphatic hydroxyl groups excluding tert-OH is 1. The second-order valence-corrected chi connectivity index (χ2v) is 3.62. The smallest absolute Gasteiger partial charge is 0.143 e. The first-order valence-corrected chi connectivity index (χ1v) is 4.53. The number of hydrogen-bond acceptors (Lipinski definition) is 3. The van der Waals surface area contributed by atoms with E-state index < -0.39 is 18.0 Å². The fraction of sp³-hybridized carbons (Fsp3) is 0.333. The van der Waals surface area contributed by atoms with Gasteiger partial charge in [-0.2, -0.15) is 0 Å². The van der Waals surface area contributed by atoms with E-state index in [4.69, 9.17) is 22.1 Å². The summed E-state index contributed by atoms with van der Waals surface area (Å²) in [5.74, 6) is -0.118. The van der Waals surface area contributed by atoms with Crippen LogP contribution in [0.3, 0.4) is 0 Å². The summed E-state index contributed by atoms with van der Waals surface area (Å²) in [5.41, 5.74) is 6.08. The molecule has 0 spiro atoms. The Morgan fingerprint density at radius 1 is 1.57 bits per heavy atom. The van der Waals surface area contributed by atoms with Crippen molar-refractivity contribution in [3.63, 3.8) is 0 Å². The molecule has 0 aromatic heterocycles. The molecule has 3 nitrogen and oxygen atoms in total. The highest BCUT2D eigenvalue weighted by Gasteiger charge is 2.28. The maximum absolute atomic E-state index is 13.0. The predicted octanol–water partition coefficient (Wildman–Crippen LogP) is 1.23. The lowest BCUT2D eigenvalue weighted by Gasteiger charge is -2.28. The lowest BCUT2D eigenvalue weighted by Crippen LogP contribution is -2.35. The van der Waals surface area contributed by atoms with Crippen molar-refractivity contribution in [2.24, 2.45) is 5.73 Å². The van der Waals surface area contributed by atoms with Crippen molar-refractivity contribution in [3.8, 4) is 5.75 Å². The summed E-state index contributed by atoms with van der Waals surface area (Å²) in [6, 6.07) is 1.74. The molecule has 1 aliphatic rings. The number of benzene rings is 1. The van der Waals surface area contributed by atoms with Crippen LogP contribution in [-0.4, -0.2) is 17.8 Å². The SMILES string of the molecule is NC1c2cc(F)cc(Cl)c2OCC1O. The number of aliphatic hydroxyl groups is 1. The van der Waals surface area contributed by atoms with Gasteiger partial charge in [-0.1, -0.05) is 11.6 Å². The Morgan fingerprint density at radius 3 is 3.00 bits per heavy atom. The van der Waals surface area contributed by atoms with Crippen molar-refractivity contribution in [3.05, 3.63) is 28.5 Å². The van der Waals surface area contributed by atoms with Crippen LogP contribution in [0.4, 0.5) is 4.39 Å². The van der Waals surface area contributed by atoms with Crippen molar-refractivity contribution in [2.75, 3.05) is 6.61 Å². The van der Waals surface area contributed by atoms with Gasteiger partial charge in [-0.05, 0) is 12.1 Å². The standard InChI is InChI=1S/C9H9ClFNO2/c10-6-2-4(11)1-5-8(12)7(13)3-14-9(5)6/h1-2,7-8,13H,3,12H2. The molecule has 76 valence electrons. The number of ether oxygens (including phenoxy) is 1. The fourth-order valence-electron chi connectivity index (χ4n) is 1.46. The summed E-state index contributed by atoms with van der Waals surface area (Å²) in [4.78, 5) is 0. The van der Waals surface area contributed by atoms with Gasteiger partial charge in [0.05, 0.1) is 11.1 Å². The van der Waals surface area contributed by atoms with E-state index in [0.717, 1.165) is 6.07 Å². The summed E-state index contributed by atoms with van der Waals surface area (Å²) >= 11 is 5.76. The molecule has 0 bridgehead atoms. The van der Waals surface area contributed by atoms with Crippen LogP contribution in [0.15, 0.2) is 12.1 Å². The maximum Gasteiger partial charge on any atom is 0.143 e. The third-order valence-electron chi connectivity index (χ3n) is 2.21. The first kappa shape index (κ1) is 9.71.